The SMILES string of the molecule is CC1=CC(F)=C(C)C2CCCCCCCCCCCC12. The molecule has 0 N–H and O–H groups in total. The lowest BCUT2D eigenvalue weighted by Gasteiger charge is -2.32. The summed E-state index contributed by atoms with van der Waals surface area (Å²) in [6.45, 7) is 4.16. The van der Waals surface area contributed by atoms with Crippen LogP contribution in [0, 0.1) is 11.8 Å². The van der Waals surface area contributed by atoms with Crippen LogP contribution in [-0.2, 0) is 0 Å². The maximum Gasteiger partial charge on any atom is 0.122 e. The summed E-state index contributed by atoms with van der Waals surface area (Å²) in [6.07, 6.45) is 16.5. The summed E-state index contributed by atoms with van der Waals surface area (Å²) in [6, 6.07) is 0. The molecule has 0 radical (unpaired) electrons. The maximum atomic E-state index is 14.0. The summed E-state index contributed by atoms with van der Waals surface area (Å²) >= 11 is 0. The van der Waals surface area contributed by atoms with E-state index < -0.39 is 0 Å². The normalized spacial score (nSPS) is 30.6. The molecule has 20 heavy (non-hydrogen) atoms. The van der Waals surface area contributed by atoms with Crippen molar-refractivity contribution in [3.8, 4) is 0 Å². The van der Waals surface area contributed by atoms with Crippen LogP contribution in [0.5, 0.6) is 0 Å². The van der Waals surface area contributed by atoms with Gasteiger partial charge in [0.1, 0.15) is 5.83 Å². The lowest BCUT2D eigenvalue weighted by atomic mass is 9.73. The summed E-state index contributed by atoms with van der Waals surface area (Å²) < 4.78 is 14.0. The lowest BCUT2D eigenvalue weighted by Crippen LogP contribution is -2.21. The Morgan fingerprint density at radius 2 is 1.20 bits per heavy atom. The molecule has 0 aromatic heterocycles. The van der Waals surface area contributed by atoms with Crippen LogP contribution in [0.2, 0.25) is 0 Å². The third-order valence-corrected chi connectivity index (χ3v) is 5.39. The second-order valence-corrected chi connectivity index (χ2v) is 6.89. The smallest absolute Gasteiger partial charge is 0.122 e. The van der Waals surface area contributed by atoms with E-state index in [1.807, 2.05) is 6.92 Å². The van der Waals surface area contributed by atoms with Gasteiger partial charge in [-0.3, -0.25) is 0 Å². The minimum Gasteiger partial charge on any atom is -0.207 e. The van der Waals surface area contributed by atoms with Crippen molar-refractivity contribution in [1.82, 2.24) is 0 Å². The van der Waals surface area contributed by atoms with Crippen LogP contribution in [0.4, 0.5) is 4.39 Å². The molecule has 2 unspecified atom stereocenters. The standard InChI is InChI=1S/C19H31F/c1-15-14-19(20)16(2)18-13-11-9-7-5-3-4-6-8-10-12-17(15)18/h14,17-18H,3-13H2,1-2H3. The van der Waals surface area contributed by atoms with E-state index in [9.17, 15) is 4.39 Å². The number of hydrogen-bond donors (Lipinski definition) is 0. The zero-order valence-corrected chi connectivity index (χ0v) is 13.4. The number of fused-ring (bicyclic) bond motifs is 1. The molecule has 114 valence electrons. The molecule has 0 bridgehead atoms. The van der Waals surface area contributed by atoms with Gasteiger partial charge in [-0.25, -0.2) is 4.39 Å². The molecular formula is C19H31F. The van der Waals surface area contributed by atoms with E-state index in [4.69, 9.17) is 0 Å². The Morgan fingerprint density at radius 3 is 1.75 bits per heavy atom. The summed E-state index contributed by atoms with van der Waals surface area (Å²) in [7, 11) is 0. The van der Waals surface area contributed by atoms with E-state index in [-0.39, 0.29) is 5.83 Å². The maximum absolute atomic E-state index is 14.0. The largest absolute Gasteiger partial charge is 0.207 e. The number of hydrogen-bond acceptors (Lipinski definition) is 0. The van der Waals surface area contributed by atoms with E-state index >= 15 is 0 Å². The second kappa shape index (κ2) is 8.00. The lowest BCUT2D eigenvalue weighted by molar-refractivity contribution is 0.344. The second-order valence-electron chi connectivity index (χ2n) is 6.89. The zero-order valence-electron chi connectivity index (χ0n) is 13.4. The number of allylic oxidation sites excluding steroid dienone is 4. The highest BCUT2D eigenvalue weighted by atomic mass is 19.1. The van der Waals surface area contributed by atoms with Gasteiger partial charge in [0.15, 0.2) is 0 Å². The third kappa shape index (κ3) is 4.20. The summed E-state index contributed by atoms with van der Waals surface area (Å²) in [4.78, 5) is 0. The number of halogens is 1. The van der Waals surface area contributed by atoms with Crippen molar-refractivity contribution in [1.29, 1.82) is 0 Å². The molecule has 0 nitrogen and oxygen atoms in total. The fraction of sp³-hybridized carbons (Fsp3) is 0.789. The van der Waals surface area contributed by atoms with Crippen molar-refractivity contribution in [2.24, 2.45) is 11.8 Å². The van der Waals surface area contributed by atoms with E-state index in [1.54, 1.807) is 6.08 Å². The Morgan fingerprint density at radius 1 is 0.750 bits per heavy atom. The van der Waals surface area contributed by atoms with Crippen LogP contribution < -0.4 is 0 Å². The van der Waals surface area contributed by atoms with Gasteiger partial charge in [0.2, 0.25) is 0 Å². The Hall–Kier alpha value is -0.590. The van der Waals surface area contributed by atoms with Gasteiger partial charge in [0.25, 0.3) is 0 Å². The van der Waals surface area contributed by atoms with Gasteiger partial charge >= 0.3 is 0 Å². The quantitative estimate of drug-likeness (QED) is 0.461. The third-order valence-electron chi connectivity index (χ3n) is 5.39. The fourth-order valence-corrected chi connectivity index (χ4v) is 4.03. The first-order valence-corrected chi connectivity index (χ1v) is 8.74. The highest BCUT2D eigenvalue weighted by molar-refractivity contribution is 5.31. The van der Waals surface area contributed by atoms with Gasteiger partial charge < -0.3 is 0 Å². The molecule has 1 fully saturated rings. The molecule has 0 amide bonds. The van der Waals surface area contributed by atoms with Crippen LogP contribution >= 0.6 is 0 Å². The molecule has 0 aromatic rings. The molecule has 2 rings (SSSR count). The predicted octanol–water partition coefficient (Wildman–Crippen LogP) is 6.73. The van der Waals surface area contributed by atoms with Crippen LogP contribution in [0.1, 0.15) is 84.5 Å². The minimum absolute atomic E-state index is 0.0491. The van der Waals surface area contributed by atoms with Crippen molar-refractivity contribution in [2.45, 2.75) is 84.5 Å². The average Bonchev–Trinajstić information content (AvgIpc) is 2.45. The fourth-order valence-electron chi connectivity index (χ4n) is 4.03. The average molecular weight is 278 g/mol. The molecule has 0 aliphatic heterocycles. The van der Waals surface area contributed by atoms with Crippen LogP contribution in [0.3, 0.4) is 0 Å². The summed E-state index contributed by atoms with van der Waals surface area (Å²) in [5.41, 5.74) is 2.31. The molecule has 0 aromatic carbocycles. The Labute approximate surface area is 124 Å². The molecule has 1 heteroatoms. The molecular weight excluding hydrogens is 247 g/mol. The van der Waals surface area contributed by atoms with E-state index in [1.165, 1.54) is 76.2 Å². The molecule has 0 heterocycles. The molecule has 2 atom stereocenters. The molecule has 1 saturated carbocycles. The van der Waals surface area contributed by atoms with Gasteiger partial charge in [-0.15, -0.1) is 0 Å². The van der Waals surface area contributed by atoms with Crippen molar-refractivity contribution in [3.05, 3.63) is 23.0 Å². The van der Waals surface area contributed by atoms with Gasteiger partial charge in [-0.1, -0.05) is 63.4 Å². The van der Waals surface area contributed by atoms with Gasteiger partial charge in [-0.05, 0) is 50.2 Å². The van der Waals surface area contributed by atoms with E-state index in [2.05, 4.69) is 6.92 Å². The molecule has 0 saturated heterocycles. The topological polar surface area (TPSA) is 0 Å². The number of rotatable bonds is 0. The summed E-state index contributed by atoms with van der Waals surface area (Å²) in [5.74, 6) is 1.13. The monoisotopic (exact) mass is 278 g/mol. The van der Waals surface area contributed by atoms with Crippen molar-refractivity contribution in [2.75, 3.05) is 0 Å². The Balaban J connectivity index is 2.05. The molecule has 2 aliphatic rings. The van der Waals surface area contributed by atoms with Crippen molar-refractivity contribution in [3.63, 3.8) is 0 Å². The Bertz CT molecular complexity index is 364. The van der Waals surface area contributed by atoms with Gasteiger partial charge in [-0.2, -0.15) is 0 Å². The highest BCUT2D eigenvalue weighted by Crippen LogP contribution is 2.41. The first kappa shape index (κ1) is 15.8. The van der Waals surface area contributed by atoms with Crippen LogP contribution in [-0.4, -0.2) is 0 Å². The first-order chi connectivity index (χ1) is 9.70. The van der Waals surface area contributed by atoms with Crippen LogP contribution in [0.15, 0.2) is 23.0 Å². The zero-order chi connectivity index (χ0) is 14.4. The minimum atomic E-state index is 0.0491. The highest BCUT2D eigenvalue weighted by Gasteiger charge is 2.29. The van der Waals surface area contributed by atoms with E-state index in [0.717, 1.165) is 5.57 Å². The molecule has 0 spiro atoms. The van der Waals surface area contributed by atoms with E-state index in [0.29, 0.717) is 11.8 Å². The summed E-state index contributed by atoms with van der Waals surface area (Å²) in [5, 5.41) is 0. The van der Waals surface area contributed by atoms with Gasteiger partial charge in [0, 0.05) is 0 Å². The Kier molecular flexibility index (Phi) is 6.32. The van der Waals surface area contributed by atoms with Crippen molar-refractivity contribution < 1.29 is 4.39 Å². The molecule has 2 aliphatic carbocycles. The van der Waals surface area contributed by atoms with Crippen LogP contribution in [0.25, 0.3) is 0 Å². The first-order valence-electron chi connectivity index (χ1n) is 8.74. The van der Waals surface area contributed by atoms with Gasteiger partial charge in [0.05, 0.1) is 0 Å². The predicted molar refractivity (Wildman–Crippen MR) is 85.3 cm³/mol. The van der Waals surface area contributed by atoms with Crippen molar-refractivity contribution >= 4 is 0 Å².